The third-order valence-corrected chi connectivity index (χ3v) is 7.11. The summed E-state index contributed by atoms with van der Waals surface area (Å²) in [5.41, 5.74) is 0.291. The van der Waals surface area contributed by atoms with Crippen LogP contribution in [-0.2, 0) is 9.53 Å². The molecule has 0 aromatic rings. The molecule has 0 aromatic carbocycles. The fraction of sp³-hybridized carbons (Fsp3) is 0.909. The van der Waals surface area contributed by atoms with Crippen LogP contribution in [0.1, 0.15) is 72.1 Å². The second-order valence-electron chi connectivity index (χ2n) is 9.14. The first-order valence-electron chi connectivity index (χ1n) is 11.4. The average Bonchev–Trinajstić information content (AvgIpc) is 2.72. The third kappa shape index (κ3) is 4.47. The number of nitrogens with zero attached hydrogens (tertiary/aromatic N) is 2. The van der Waals surface area contributed by atoms with Crippen LogP contribution in [0.3, 0.4) is 0 Å². The van der Waals surface area contributed by atoms with Gasteiger partial charge in [0.15, 0.2) is 5.96 Å². The molecule has 2 atom stereocenters. The van der Waals surface area contributed by atoms with Crippen molar-refractivity contribution in [3.05, 3.63) is 0 Å². The first-order chi connectivity index (χ1) is 13.5. The molecule has 2 aliphatic carbocycles. The van der Waals surface area contributed by atoms with Crippen LogP contribution in [0.4, 0.5) is 0 Å². The maximum Gasteiger partial charge on any atom is 0.225 e. The first kappa shape index (κ1) is 21.4. The molecule has 0 aromatic heterocycles. The van der Waals surface area contributed by atoms with Crippen molar-refractivity contribution < 1.29 is 9.53 Å². The number of carbonyl (C=O) groups is 1. The van der Waals surface area contributed by atoms with Crippen LogP contribution in [0.15, 0.2) is 4.99 Å². The molecular weight excluding hydrogens is 352 g/mol. The van der Waals surface area contributed by atoms with Crippen molar-refractivity contribution in [3.63, 3.8) is 0 Å². The van der Waals surface area contributed by atoms with Crippen LogP contribution in [0.25, 0.3) is 0 Å². The lowest BCUT2D eigenvalue weighted by Gasteiger charge is -2.58. The lowest BCUT2D eigenvalue weighted by Crippen LogP contribution is -2.67. The molecule has 0 bridgehead atoms. The average molecular weight is 393 g/mol. The standard InChI is InChI=1S/C22H40N4O2/c1-5-28-19-15-18(22(19)11-7-6-8-12-22)25-21(23-4)24-17-9-13-26(14-10-17)20(27)16(2)3/h16-19H,5-15H2,1-4H3,(H2,23,24,25). The van der Waals surface area contributed by atoms with E-state index in [1.807, 2.05) is 25.8 Å². The second-order valence-corrected chi connectivity index (χ2v) is 9.14. The Labute approximate surface area is 170 Å². The van der Waals surface area contributed by atoms with Gasteiger partial charge in [-0.25, -0.2) is 0 Å². The molecule has 6 heteroatoms. The van der Waals surface area contributed by atoms with E-state index in [0.717, 1.165) is 44.9 Å². The quantitative estimate of drug-likeness (QED) is 0.558. The number of piperidine rings is 1. The van der Waals surface area contributed by atoms with Crippen molar-refractivity contribution in [2.24, 2.45) is 16.3 Å². The molecular formula is C22H40N4O2. The van der Waals surface area contributed by atoms with Gasteiger partial charge in [-0.05, 0) is 39.0 Å². The largest absolute Gasteiger partial charge is 0.378 e. The summed E-state index contributed by atoms with van der Waals surface area (Å²) in [6.07, 6.45) is 9.96. The predicted octanol–water partition coefficient (Wildman–Crippen LogP) is 2.93. The van der Waals surface area contributed by atoms with E-state index in [9.17, 15) is 4.79 Å². The Balaban J connectivity index is 1.52. The zero-order chi connectivity index (χ0) is 20.1. The minimum Gasteiger partial charge on any atom is -0.378 e. The molecule has 160 valence electrons. The van der Waals surface area contributed by atoms with Crippen molar-refractivity contribution in [3.8, 4) is 0 Å². The van der Waals surface area contributed by atoms with Crippen LogP contribution < -0.4 is 10.6 Å². The highest BCUT2D eigenvalue weighted by Gasteiger charge is 2.55. The van der Waals surface area contributed by atoms with E-state index in [-0.39, 0.29) is 11.8 Å². The molecule has 28 heavy (non-hydrogen) atoms. The topological polar surface area (TPSA) is 66.0 Å². The molecule has 3 fully saturated rings. The molecule has 1 aliphatic heterocycles. The Morgan fingerprint density at radius 1 is 1.18 bits per heavy atom. The number of ether oxygens (including phenoxy) is 1. The van der Waals surface area contributed by atoms with Crippen molar-refractivity contribution in [1.29, 1.82) is 0 Å². The smallest absolute Gasteiger partial charge is 0.225 e. The maximum atomic E-state index is 12.2. The van der Waals surface area contributed by atoms with Gasteiger partial charge in [0.2, 0.25) is 5.91 Å². The van der Waals surface area contributed by atoms with Crippen LogP contribution >= 0.6 is 0 Å². The van der Waals surface area contributed by atoms with Gasteiger partial charge in [0.1, 0.15) is 0 Å². The normalized spacial score (nSPS) is 28.3. The predicted molar refractivity (Wildman–Crippen MR) is 113 cm³/mol. The lowest BCUT2D eigenvalue weighted by atomic mass is 9.55. The van der Waals surface area contributed by atoms with Gasteiger partial charge < -0.3 is 20.3 Å². The molecule has 2 N–H and O–H groups in total. The summed E-state index contributed by atoms with van der Waals surface area (Å²) >= 11 is 0. The summed E-state index contributed by atoms with van der Waals surface area (Å²) in [5.74, 6) is 1.28. The van der Waals surface area contributed by atoms with Gasteiger partial charge in [-0.2, -0.15) is 0 Å². The van der Waals surface area contributed by atoms with Crippen molar-refractivity contribution in [1.82, 2.24) is 15.5 Å². The number of rotatable bonds is 5. The molecule has 1 saturated heterocycles. The Bertz CT molecular complexity index is 549. The van der Waals surface area contributed by atoms with Crippen LogP contribution in [0, 0.1) is 11.3 Å². The van der Waals surface area contributed by atoms with Gasteiger partial charge in [-0.3, -0.25) is 9.79 Å². The van der Waals surface area contributed by atoms with Gasteiger partial charge in [0.05, 0.1) is 6.10 Å². The maximum absolute atomic E-state index is 12.2. The Morgan fingerprint density at radius 3 is 2.43 bits per heavy atom. The van der Waals surface area contributed by atoms with E-state index in [0.29, 0.717) is 23.6 Å². The van der Waals surface area contributed by atoms with Crippen molar-refractivity contribution in [2.45, 2.75) is 90.3 Å². The molecule has 0 radical (unpaired) electrons. The monoisotopic (exact) mass is 392 g/mol. The molecule has 1 spiro atoms. The highest BCUT2D eigenvalue weighted by Crippen LogP contribution is 2.53. The minimum atomic E-state index is 0.0857. The Kier molecular flexibility index (Phi) is 7.24. The van der Waals surface area contributed by atoms with Crippen molar-refractivity contribution >= 4 is 11.9 Å². The van der Waals surface area contributed by atoms with E-state index < -0.39 is 0 Å². The number of hydrogen-bond acceptors (Lipinski definition) is 3. The van der Waals surface area contributed by atoms with E-state index in [2.05, 4.69) is 22.5 Å². The number of carbonyl (C=O) groups excluding carboxylic acids is 1. The number of guanidine groups is 1. The van der Waals surface area contributed by atoms with E-state index in [4.69, 9.17) is 4.74 Å². The highest BCUT2D eigenvalue weighted by molar-refractivity contribution is 5.81. The fourth-order valence-electron chi connectivity index (χ4n) is 5.40. The van der Waals surface area contributed by atoms with E-state index in [1.165, 1.54) is 32.1 Å². The number of nitrogens with one attached hydrogen (secondary N) is 2. The first-order valence-corrected chi connectivity index (χ1v) is 11.4. The molecule has 2 saturated carbocycles. The lowest BCUT2D eigenvalue weighted by molar-refractivity contribution is -0.145. The third-order valence-electron chi connectivity index (χ3n) is 7.11. The number of aliphatic imine (C=N–C) groups is 1. The molecule has 1 amide bonds. The Morgan fingerprint density at radius 2 is 1.86 bits per heavy atom. The second kappa shape index (κ2) is 9.47. The number of likely N-dealkylation sites (tertiary alicyclic amines) is 1. The summed E-state index contributed by atoms with van der Waals surface area (Å²) in [6, 6.07) is 0.839. The highest BCUT2D eigenvalue weighted by atomic mass is 16.5. The molecule has 6 nitrogen and oxygen atoms in total. The van der Waals surface area contributed by atoms with Crippen LogP contribution in [0.5, 0.6) is 0 Å². The summed E-state index contributed by atoms with van der Waals surface area (Å²) < 4.78 is 6.08. The molecule has 1 heterocycles. The fourth-order valence-corrected chi connectivity index (χ4v) is 5.40. The SMILES string of the molecule is CCOC1CC(NC(=NC)NC2CCN(C(=O)C(C)C)CC2)C12CCCCC2. The zero-order valence-corrected chi connectivity index (χ0v) is 18.3. The summed E-state index contributed by atoms with van der Waals surface area (Å²) in [7, 11) is 1.86. The van der Waals surface area contributed by atoms with Gasteiger partial charge in [0.25, 0.3) is 0 Å². The number of amides is 1. The minimum absolute atomic E-state index is 0.0857. The van der Waals surface area contributed by atoms with Gasteiger partial charge in [-0.15, -0.1) is 0 Å². The molecule has 3 aliphatic rings. The van der Waals surface area contributed by atoms with Gasteiger partial charge in [0, 0.05) is 50.2 Å². The van der Waals surface area contributed by atoms with E-state index in [1.54, 1.807) is 0 Å². The van der Waals surface area contributed by atoms with Crippen molar-refractivity contribution in [2.75, 3.05) is 26.7 Å². The summed E-state index contributed by atoms with van der Waals surface area (Å²) in [5, 5.41) is 7.35. The summed E-state index contributed by atoms with van der Waals surface area (Å²) in [4.78, 5) is 18.7. The van der Waals surface area contributed by atoms with Crippen LogP contribution in [-0.4, -0.2) is 61.7 Å². The summed E-state index contributed by atoms with van der Waals surface area (Å²) in [6.45, 7) is 8.55. The van der Waals surface area contributed by atoms with Gasteiger partial charge >= 0.3 is 0 Å². The van der Waals surface area contributed by atoms with E-state index >= 15 is 0 Å². The van der Waals surface area contributed by atoms with Gasteiger partial charge in [-0.1, -0.05) is 33.1 Å². The van der Waals surface area contributed by atoms with Crippen LogP contribution in [0.2, 0.25) is 0 Å². The molecule has 2 unspecified atom stereocenters. The zero-order valence-electron chi connectivity index (χ0n) is 18.3. The Hall–Kier alpha value is -1.30. The molecule has 3 rings (SSSR count). The number of hydrogen-bond donors (Lipinski definition) is 2.